The summed E-state index contributed by atoms with van der Waals surface area (Å²) < 4.78 is 0. The molecule has 1 aromatic carbocycles. The third-order valence-electron chi connectivity index (χ3n) is 6.34. The van der Waals surface area contributed by atoms with E-state index in [4.69, 9.17) is 5.11 Å². The van der Waals surface area contributed by atoms with Gasteiger partial charge in [-0.2, -0.15) is 0 Å². The minimum Gasteiger partial charge on any atom is -0.481 e. The summed E-state index contributed by atoms with van der Waals surface area (Å²) in [4.78, 5) is 28.7. The van der Waals surface area contributed by atoms with E-state index in [1.807, 2.05) is 6.07 Å². The van der Waals surface area contributed by atoms with E-state index in [1.165, 1.54) is 5.56 Å². The second-order valence-corrected chi connectivity index (χ2v) is 9.02. The molecule has 0 aromatic heterocycles. The molecule has 1 atom stereocenters. The van der Waals surface area contributed by atoms with Crippen molar-refractivity contribution in [3.05, 3.63) is 35.9 Å². The first-order valence-corrected chi connectivity index (χ1v) is 10.7. The van der Waals surface area contributed by atoms with Crippen LogP contribution in [0.3, 0.4) is 0 Å². The third-order valence-corrected chi connectivity index (χ3v) is 6.34. The molecule has 3 rings (SSSR count). The number of piperidine rings is 1. The maximum atomic E-state index is 13.5. The van der Waals surface area contributed by atoms with Crippen LogP contribution < -0.4 is 0 Å². The minimum atomic E-state index is -0.729. The van der Waals surface area contributed by atoms with E-state index in [0.717, 1.165) is 51.9 Å². The second-order valence-electron chi connectivity index (χ2n) is 9.02. The zero-order valence-corrected chi connectivity index (χ0v) is 17.3. The average Bonchev–Trinajstić information content (AvgIpc) is 2.89. The van der Waals surface area contributed by atoms with Gasteiger partial charge in [0.15, 0.2) is 0 Å². The summed E-state index contributed by atoms with van der Waals surface area (Å²) in [5, 5.41) is 8.83. The Kier molecular flexibility index (Phi) is 6.76. The maximum Gasteiger partial charge on any atom is 0.303 e. The maximum absolute atomic E-state index is 13.5. The van der Waals surface area contributed by atoms with Crippen molar-refractivity contribution >= 4 is 11.9 Å². The lowest BCUT2D eigenvalue weighted by atomic mass is 9.75. The molecule has 1 N–H and O–H groups in total. The van der Waals surface area contributed by atoms with Gasteiger partial charge in [-0.3, -0.25) is 9.59 Å². The molecule has 0 bridgehead atoms. The van der Waals surface area contributed by atoms with Crippen molar-refractivity contribution < 1.29 is 14.7 Å². The van der Waals surface area contributed by atoms with Gasteiger partial charge in [0.05, 0.1) is 5.41 Å². The third kappa shape index (κ3) is 4.93. The van der Waals surface area contributed by atoms with Crippen LogP contribution in [0.2, 0.25) is 0 Å². The minimum absolute atomic E-state index is 0.211. The Bertz CT molecular complexity index is 666. The van der Waals surface area contributed by atoms with Gasteiger partial charge in [-0.05, 0) is 63.2 Å². The van der Waals surface area contributed by atoms with Crippen LogP contribution in [0.4, 0.5) is 0 Å². The summed E-state index contributed by atoms with van der Waals surface area (Å²) in [7, 11) is 0. The average molecular weight is 387 g/mol. The van der Waals surface area contributed by atoms with Gasteiger partial charge in [-0.1, -0.05) is 44.2 Å². The standard InChI is InChI=1S/C23H34N2O3/c1-18(2)17-25-20(15-19-7-4-3-5-8-19)16-23(22(25)28)10-13-24(14-11-23)12-6-9-21(26)27/h3-5,7-8,18,20H,6,9-17H2,1-2H3,(H,26,27). The van der Waals surface area contributed by atoms with Gasteiger partial charge in [0, 0.05) is 19.0 Å². The lowest BCUT2D eigenvalue weighted by Crippen LogP contribution is -2.45. The Hall–Kier alpha value is -1.88. The number of likely N-dealkylation sites (tertiary alicyclic amines) is 2. The number of carbonyl (C=O) groups is 2. The van der Waals surface area contributed by atoms with Gasteiger partial charge >= 0.3 is 5.97 Å². The monoisotopic (exact) mass is 386 g/mol. The van der Waals surface area contributed by atoms with Crippen LogP contribution in [0.25, 0.3) is 0 Å². The Labute approximate surface area is 168 Å². The number of aliphatic carboxylic acids is 1. The van der Waals surface area contributed by atoms with E-state index in [-0.39, 0.29) is 17.9 Å². The fourth-order valence-electron chi connectivity index (χ4n) is 4.89. The normalized spacial score (nSPS) is 22.3. The fourth-order valence-corrected chi connectivity index (χ4v) is 4.89. The second kappa shape index (κ2) is 9.08. The molecular weight excluding hydrogens is 352 g/mol. The fraction of sp³-hybridized carbons (Fsp3) is 0.652. The quantitative estimate of drug-likeness (QED) is 0.744. The highest BCUT2D eigenvalue weighted by Crippen LogP contribution is 2.45. The van der Waals surface area contributed by atoms with Gasteiger partial charge in [0.1, 0.15) is 0 Å². The molecule has 1 unspecified atom stereocenters. The summed E-state index contributed by atoms with van der Waals surface area (Å²) >= 11 is 0. The highest BCUT2D eigenvalue weighted by molar-refractivity contribution is 5.85. The smallest absolute Gasteiger partial charge is 0.303 e. The largest absolute Gasteiger partial charge is 0.481 e. The molecule has 2 saturated heterocycles. The number of amides is 1. The highest BCUT2D eigenvalue weighted by Gasteiger charge is 2.52. The van der Waals surface area contributed by atoms with E-state index in [9.17, 15) is 9.59 Å². The van der Waals surface area contributed by atoms with Crippen LogP contribution >= 0.6 is 0 Å². The Morgan fingerprint density at radius 1 is 1.21 bits per heavy atom. The molecule has 5 nitrogen and oxygen atoms in total. The predicted octanol–water partition coefficient (Wildman–Crippen LogP) is 3.43. The molecule has 1 amide bonds. The number of hydrogen-bond donors (Lipinski definition) is 1. The van der Waals surface area contributed by atoms with Gasteiger partial charge in [0.2, 0.25) is 5.91 Å². The van der Waals surface area contributed by atoms with Gasteiger partial charge < -0.3 is 14.9 Å². The first kappa shape index (κ1) is 20.8. The molecule has 2 aliphatic rings. The van der Waals surface area contributed by atoms with E-state index in [1.54, 1.807) is 0 Å². The van der Waals surface area contributed by atoms with Gasteiger partial charge in [-0.25, -0.2) is 0 Å². The molecule has 0 aliphatic carbocycles. The zero-order valence-electron chi connectivity index (χ0n) is 17.3. The van der Waals surface area contributed by atoms with Crippen molar-refractivity contribution in [1.82, 2.24) is 9.80 Å². The van der Waals surface area contributed by atoms with E-state index >= 15 is 0 Å². The molecular formula is C23H34N2O3. The van der Waals surface area contributed by atoms with E-state index < -0.39 is 5.97 Å². The van der Waals surface area contributed by atoms with Crippen molar-refractivity contribution in [2.45, 2.75) is 58.4 Å². The number of rotatable bonds is 8. The SMILES string of the molecule is CC(C)CN1C(=O)C2(CCN(CCCC(=O)O)CC2)CC1Cc1ccccc1. The Morgan fingerprint density at radius 3 is 2.50 bits per heavy atom. The summed E-state index contributed by atoms with van der Waals surface area (Å²) in [5.74, 6) is 0.0910. The van der Waals surface area contributed by atoms with E-state index in [0.29, 0.717) is 18.2 Å². The van der Waals surface area contributed by atoms with Crippen molar-refractivity contribution in [3.63, 3.8) is 0 Å². The Balaban J connectivity index is 1.65. The lowest BCUT2D eigenvalue weighted by molar-refractivity contribution is -0.139. The molecule has 2 heterocycles. The van der Waals surface area contributed by atoms with Crippen LogP contribution in [0.1, 0.15) is 51.5 Å². The summed E-state index contributed by atoms with van der Waals surface area (Å²) in [6.07, 6.45) is 4.60. The summed E-state index contributed by atoms with van der Waals surface area (Å²) in [5.41, 5.74) is 1.09. The molecule has 1 spiro atoms. The van der Waals surface area contributed by atoms with Crippen LogP contribution in [-0.2, 0) is 16.0 Å². The number of carboxylic acid groups (broad SMARTS) is 1. The van der Waals surface area contributed by atoms with Gasteiger partial charge in [-0.15, -0.1) is 0 Å². The number of benzene rings is 1. The molecule has 5 heteroatoms. The molecule has 2 aliphatic heterocycles. The molecule has 2 fully saturated rings. The molecule has 1 aromatic rings. The topological polar surface area (TPSA) is 60.9 Å². The van der Waals surface area contributed by atoms with Crippen molar-refractivity contribution in [3.8, 4) is 0 Å². The number of carboxylic acids is 1. The number of hydrogen-bond acceptors (Lipinski definition) is 3. The highest BCUT2D eigenvalue weighted by atomic mass is 16.4. The molecule has 0 radical (unpaired) electrons. The first-order valence-electron chi connectivity index (χ1n) is 10.7. The lowest BCUT2D eigenvalue weighted by Gasteiger charge is -2.38. The van der Waals surface area contributed by atoms with Crippen LogP contribution in [-0.4, -0.2) is 59.0 Å². The zero-order chi connectivity index (χ0) is 20.1. The number of nitrogens with zero attached hydrogens (tertiary/aromatic N) is 2. The van der Waals surface area contributed by atoms with Crippen LogP contribution in [0, 0.1) is 11.3 Å². The van der Waals surface area contributed by atoms with Crippen molar-refractivity contribution in [1.29, 1.82) is 0 Å². The van der Waals surface area contributed by atoms with Crippen LogP contribution in [0.5, 0.6) is 0 Å². The van der Waals surface area contributed by atoms with Crippen molar-refractivity contribution in [2.75, 3.05) is 26.2 Å². The molecule has 0 saturated carbocycles. The Morgan fingerprint density at radius 2 is 1.89 bits per heavy atom. The van der Waals surface area contributed by atoms with Crippen molar-refractivity contribution in [2.24, 2.45) is 11.3 Å². The van der Waals surface area contributed by atoms with E-state index in [2.05, 4.69) is 47.9 Å². The predicted molar refractivity (Wildman–Crippen MR) is 110 cm³/mol. The molecule has 154 valence electrons. The molecule has 28 heavy (non-hydrogen) atoms. The first-order chi connectivity index (χ1) is 13.4. The number of carbonyl (C=O) groups excluding carboxylic acids is 1. The summed E-state index contributed by atoms with van der Waals surface area (Å²) in [6.45, 7) is 7.82. The van der Waals surface area contributed by atoms with Crippen LogP contribution in [0.15, 0.2) is 30.3 Å². The van der Waals surface area contributed by atoms with Gasteiger partial charge in [0.25, 0.3) is 0 Å². The summed E-state index contributed by atoms with van der Waals surface area (Å²) in [6, 6.07) is 10.8.